The molecule has 5 heteroatoms. The fourth-order valence-corrected chi connectivity index (χ4v) is 1.08. The molecular formula is C10H18N2O3. The lowest BCUT2D eigenvalue weighted by Crippen LogP contribution is -2.48. The Morgan fingerprint density at radius 2 is 2.00 bits per heavy atom. The number of nitrogens with one attached hydrogen (secondary N) is 1. The van der Waals surface area contributed by atoms with E-state index >= 15 is 0 Å². The minimum atomic E-state index is -0.990. The van der Waals surface area contributed by atoms with E-state index in [1.54, 1.807) is 20.8 Å². The summed E-state index contributed by atoms with van der Waals surface area (Å²) in [6, 6.07) is 0. The molecule has 0 radical (unpaired) electrons. The first kappa shape index (κ1) is 13.5. The van der Waals surface area contributed by atoms with Crippen molar-refractivity contribution in [1.29, 1.82) is 0 Å². The third kappa shape index (κ3) is 5.05. The van der Waals surface area contributed by atoms with Crippen LogP contribution in [0, 0.1) is 0 Å². The SMILES string of the molecule is C=CC(=O)NCCN(C(=O)O)C(C)(C)C. The van der Waals surface area contributed by atoms with Gasteiger partial charge in [-0.2, -0.15) is 0 Å². The molecule has 0 fully saturated rings. The zero-order valence-electron chi connectivity index (χ0n) is 9.41. The highest BCUT2D eigenvalue weighted by Crippen LogP contribution is 2.12. The standard InChI is InChI=1S/C10H18N2O3/c1-5-8(13)11-6-7-12(9(14)15)10(2,3)4/h5H,1,6-7H2,2-4H3,(H,11,13)(H,14,15). The van der Waals surface area contributed by atoms with E-state index in [4.69, 9.17) is 5.11 Å². The fourth-order valence-electron chi connectivity index (χ4n) is 1.08. The third-order valence-corrected chi connectivity index (χ3v) is 1.86. The van der Waals surface area contributed by atoms with E-state index in [1.807, 2.05) is 0 Å². The second-order valence-electron chi connectivity index (χ2n) is 4.10. The maximum absolute atomic E-state index is 10.9. The summed E-state index contributed by atoms with van der Waals surface area (Å²) in [6.45, 7) is 9.25. The summed E-state index contributed by atoms with van der Waals surface area (Å²) in [7, 11) is 0. The Balaban J connectivity index is 4.16. The van der Waals surface area contributed by atoms with Crippen molar-refractivity contribution in [2.24, 2.45) is 0 Å². The molecule has 0 aliphatic carbocycles. The lowest BCUT2D eigenvalue weighted by Gasteiger charge is -2.33. The molecule has 0 heterocycles. The van der Waals surface area contributed by atoms with Crippen LogP contribution in [0.3, 0.4) is 0 Å². The summed E-state index contributed by atoms with van der Waals surface area (Å²) in [5, 5.41) is 11.5. The summed E-state index contributed by atoms with van der Waals surface area (Å²) < 4.78 is 0. The molecule has 0 atom stereocenters. The Morgan fingerprint density at radius 1 is 1.47 bits per heavy atom. The number of amides is 2. The predicted octanol–water partition coefficient (Wildman–Crippen LogP) is 1.07. The van der Waals surface area contributed by atoms with Crippen LogP contribution in [0.25, 0.3) is 0 Å². The van der Waals surface area contributed by atoms with Crippen LogP contribution >= 0.6 is 0 Å². The van der Waals surface area contributed by atoms with Gasteiger partial charge in [0.05, 0.1) is 0 Å². The lowest BCUT2D eigenvalue weighted by atomic mass is 10.1. The Bertz CT molecular complexity index is 256. The normalized spacial score (nSPS) is 10.6. The Kier molecular flexibility index (Phi) is 4.84. The molecule has 0 aliphatic rings. The van der Waals surface area contributed by atoms with E-state index in [0.29, 0.717) is 0 Å². The van der Waals surface area contributed by atoms with Crippen molar-refractivity contribution in [1.82, 2.24) is 10.2 Å². The van der Waals surface area contributed by atoms with E-state index < -0.39 is 11.6 Å². The molecule has 0 spiro atoms. The number of hydrogen-bond acceptors (Lipinski definition) is 2. The molecule has 0 aromatic carbocycles. The highest BCUT2D eigenvalue weighted by molar-refractivity contribution is 5.86. The Morgan fingerprint density at radius 3 is 2.33 bits per heavy atom. The molecule has 0 aromatic heterocycles. The van der Waals surface area contributed by atoms with Gasteiger partial charge in [-0.05, 0) is 26.8 Å². The van der Waals surface area contributed by atoms with E-state index in [1.165, 1.54) is 4.90 Å². The first-order chi connectivity index (χ1) is 6.79. The monoisotopic (exact) mass is 214 g/mol. The lowest BCUT2D eigenvalue weighted by molar-refractivity contribution is -0.116. The van der Waals surface area contributed by atoms with Gasteiger partial charge in [-0.15, -0.1) is 0 Å². The summed E-state index contributed by atoms with van der Waals surface area (Å²) in [6.07, 6.45) is 0.165. The van der Waals surface area contributed by atoms with Crippen molar-refractivity contribution < 1.29 is 14.7 Å². The van der Waals surface area contributed by atoms with Crippen LogP contribution in [-0.2, 0) is 4.79 Å². The zero-order chi connectivity index (χ0) is 12.1. The van der Waals surface area contributed by atoms with E-state index in [2.05, 4.69) is 11.9 Å². The zero-order valence-corrected chi connectivity index (χ0v) is 9.41. The van der Waals surface area contributed by atoms with Crippen LogP contribution in [0.15, 0.2) is 12.7 Å². The van der Waals surface area contributed by atoms with Crippen LogP contribution < -0.4 is 5.32 Å². The molecule has 0 aromatic rings. The third-order valence-electron chi connectivity index (χ3n) is 1.86. The molecule has 0 saturated carbocycles. The van der Waals surface area contributed by atoms with Crippen molar-refractivity contribution in [3.63, 3.8) is 0 Å². The average Bonchev–Trinajstić information content (AvgIpc) is 2.09. The number of carbonyl (C=O) groups excluding carboxylic acids is 1. The minimum absolute atomic E-state index is 0.262. The molecule has 2 N–H and O–H groups in total. The molecule has 15 heavy (non-hydrogen) atoms. The number of carbonyl (C=O) groups is 2. The molecule has 5 nitrogen and oxygen atoms in total. The van der Waals surface area contributed by atoms with Gasteiger partial charge in [0.15, 0.2) is 0 Å². The first-order valence-corrected chi connectivity index (χ1v) is 4.70. The van der Waals surface area contributed by atoms with Gasteiger partial charge in [0.25, 0.3) is 0 Å². The van der Waals surface area contributed by atoms with E-state index in [-0.39, 0.29) is 19.0 Å². The van der Waals surface area contributed by atoms with Gasteiger partial charge in [0.2, 0.25) is 5.91 Å². The molecule has 0 rings (SSSR count). The number of nitrogens with zero attached hydrogens (tertiary/aromatic N) is 1. The maximum Gasteiger partial charge on any atom is 0.407 e. The molecule has 0 unspecified atom stereocenters. The van der Waals surface area contributed by atoms with Gasteiger partial charge in [-0.25, -0.2) is 4.79 Å². The van der Waals surface area contributed by atoms with Gasteiger partial charge < -0.3 is 15.3 Å². The predicted molar refractivity (Wildman–Crippen MR) is 57.7 cm³/mol. The van der Waals surface area contributed by atoms with E-state index in [0.717, 1.165) is 6.08 Å². The van der Waals surface area contributed by atoms with Gasteiger partial charge >= 0.3 is 6.09 Å². The number of rotatable bonds is 4. The van der Waals surface area contributed by atoms with Crippen LogP contribution in [0.4, 0.5) is 4.79 Å². The topological polar surface area (TPSA) is 69.6 Å². The molecule has 0 saturated heterocycles. The van der Waals surface area contributed by atoms with Crippen molar-refractivity contribution in [3.05, 3.63) is 12.7 Å². The van der Waals surface area contributed by atoms with E-state index in [9.17, 15) is 9.59 Å². The summed E-state index contributed by atoms with van der Waals surface area (Å²) >= 11 is 0. The van der Waals surface area contributed by atoms with Crippen LogP contribution in [-0.4, -0.2) is 40.6 Å². The van der Waals surface area contributed by atoms with Crippen molar-refractivity contribution >= 4 is 12.0 Å². The van der Waals surface area contributed by atoms with Crippen molar-refractivity contribution in [3.8, 4) is 0 Å². The van der Waals surface area contributed by atoms with Gasteiger partial charge in [-0.3, -0.25) is 4.79 Å². The largest absolute Gasteiger partial charge is 0.465 e. The second kappa shape index (κ2) is 5.38. The quantitative estimate of drug-likeness (QED) is 0.688. The highest BCUT2D eigenvalue weighted by atomic mass is 16.4. The summed E-state index contributed by atoms with van der Waals surface area (Å²) in [5.41, 5.74) is -0.468. The maximum atomic E-state index is 10.9. The number of hydrogen-bond donors (Lipinski definition) is 2. The minimum Gasteiger partial charge on any atom is -0.465 e. The number of carboxylic acid groups (broad SMARTS) is 1. The summed E-state index contributed by atoms with van der Waals surface area (Å²) in [5.74, 6) is -0.297. The molecule has 2 amide bonds. The van der Waals surface area contributed by atoms with Gasteiger partial charge in [0.1, 0.15) is 0 Å². The smallest absolute Gasteiger partial charge is 0.407 e. The van der Waals surface area contributed by atoms with Crippen LogP contribution in [0.1, 0.15) is 20.8 Å². The highest BCUT2D eigenvalue weighted by Gasteiger charge is 2.25. The summed E-state index contributed by atoms with van der Waals surface area (Å²) in [4.78, 5) is 23.0. The average molecular weight is 214 g/mol. The molecule has 0 aliphatic heterocycles. The van der Waals surface area contributed by atoms with Crippen LogP contribution in [0.5, 0.6) is 0 Å². The second-order valence-corrected chi connectivity index (χ2v) is 4.10. The Labute approximate surface area is 89.8 Å². The fraction of sp³-hybridized carbons (Fsp3) is 0.600. The van der Waals surface area contributed by atoms with Gasteiger partial charge in [-0.1, -0.05) is 6.58 Å². The molecule has 0 bridgehead atoms. The van der Waals surface area contributed by atoms with Crippen molar-refractivity contribution in [2.75, 3.05) is 13.1 Å². The molecular weight excluding hydrogens is 196 g/mol. The van der Waals surface area contributed by atoms with Gasteiger partial charge in [0, 0.05) is 18.6 Å². The van der Waals surface area contributed by atoms with Crippen molar-refractivity contribution in [2.45, 2.75) is 26.3 Å². The van der Waals surface area contributed by atoms with Crippen LogP contribution in [0.2, 0.25) is 0 Å². The Hall–Kier alpha value is -1.52. The molecule has 86 valence electrons. The first-order valence-electron chi connectivity index (χ1n) is 4.70.